The lowest BCUT2D eigenvalue weighted by molar-refractivity contribution is -0.184. The molecule has 5 rings (SSSR count). The first-order valence-electron chi connectivity index (χ1n) is 14.4. The number of carbonyl (C=O) groups excluding carboxylic acids is 1. The molecule has 0 spiro atoms. The predicted octanol–water partition coefficient (Wildman–Crippen LogP) is 5.67. The maximum Gasteiger partial charge on any atom is 0.160 e. The number of fused-ring (bicyclic) bond motifs is 5. The normalized spacial score (nSPS) is 49.2. The molecule has 4 aliphatic carbocycles. The summed E-state index contributed by atoms with van der Waals surface area (Å²) in [5.74, 6) is 2.09. The third-order valence-electron chi connectivity index (χ3n) is 12.6. The highest BCUT2D eigenvalue weighted by Crippen LogP contribution is 2.73. The van der Waals surface area contributed by atoms with E-state index >= 15 is 0 Å². The summed E-state index contributed by atoms with van der Waals surface area (Å²) < 4.78 is 12.1. The van der Waals surface area contributed by atoms with Gasteiger partial charge in [0.15, 0.2) is 6.29 Å². The fourth-order valence-corrected chi connectivity index (χ4v) is 10.2. The zero-order chi connectivity index (χ0) is 26.5. The Hall–Kier alpha value is -0.750. The first kappa shape index (κ1) is 26.8. The molecule has 1 heterocycles. The standard InChI is InChI=1S/C31H50O5/c1-27(2)23-10-9-21-20(29(23,5)14-13-24(27)32)12-16-30(6)19(11-15-31(21,30)7)18-17-22(36-26(18)35-8)25(33)28(3,4)34/h9,18-20,22-23,25-26,33-34H,10-17H2,1-8H3/t18-,19-,20-,22-,23-,25+,26+,29+,30-,31+/m0/s1. The van der Waals surface area contributed by atoms with Crippen LogP contribution >= 0.6 is 0 Å². The minimum Gasteiger partial charge on any atom is -0.388 e. The Kier molecular flexibility index (Phi) is 6.24. The number of aliphatic hydroxyl groups excluding tert-OH is 1. The Morgan fingerprint density at radius 2 is 1.81 bits per heavy atom. The van der Waals surface area contributed by atoms with Crippen LogP contribution in [0.1, 0.15) is 99.8 Å². The lowest BCUT2D eigenvalue weighted by Crippen LogP contribution is -2.57. The van der Waals surface area contributed by atoms with Crippen LogP contribution in [0.3, 0.4) is 0 Å². The van der Waals surface area contributed by atoms with Crippen molar-refractivity contribution in [1.82, 2.24) is 0 Å². The van der Waals surface area contributed by atoms with E-state index in [0.717, 1.165) is 32.1 Å². The molecule has 0 aromatic heterocycles. The number of carbonyl (C=O) groups is 1. The molecule has 5 heteroatoms. The molecule has 2 N–H and O–H groups in total. The molecular weight excluding hydrogens is 452 g/mol. The van der Waals surface area contributed by atoms with E-state index in [1.807, 2.05) is 0 Å². The van der Waals surface area contributed by atoms with Crippen LogP contribution in [0, 0.1) is 45.3 Å². The molecule has 5 aliphatic rings. The number of hydrogen-bond donors (Lipinski definition) is 2. The van der Waals surface area contributed by atoms with E-state index in [9.17, 15) is 15.0 Å². The van der Waals surface area contributed by atoms with Crippen molar-refractivity contribution in [3.05, 3.63) is 11.6 Å². The zero-order valence-corrected chi connectivity index (χ0v) is 23.9. The van der Waals surface area contributed by atoms with Crippen molar-refractivity contribution in [2.75, 3.05) is 7.11 Å². The van der Waals surface area contributed by atoms with Crippen LogP contribution in [-0.4, -0.2) is 47.2 Å². The van der Waals surface area contributed by atoms with Crippen molar-refractivity contribution in [1.29, 1.82) is 0 Å². The minimum atomic E-state index is -1.21. The largest absolute Gasteiger partial charge is 0.388 e. The molecule has 36 heavy (non-hydrogen) atoms. The summed E-state index contributed by atoms with van der Waals surface area (Å²) in [6.07, 6.45) is 9.03. The number of ether oxygens (including phenoxy) is 2. The monoisotopic (exact) mass is 502 g/mol. The Bertz CT molecular complexity index is 932. The molecule has 0 bridgehead atoms. The van der Waals surface area contributed by atoms with Gasteiger partial charge in [0.1, 0.15) is 11.9 Å². The molecule has 1 aliphatic heterocycles. The van der Waals surface area contributed by atoms with Gasteiger partial charge in [0.05, 0.1) is 11.7 Å². The van der Waals surface area contributed by atoms with Crippen molar-refractivity contribution in [3.8, 4) is 0 Å². The van der Waals surface area contributed by atoms with Gasteiger partial charge in [-0.3, -0.25) is 4.79 Å². The Balaban J connectivity index is 1.45. The number of hydrogen-bond acceptors (Lipinski definition) is 5. The van der Waals surface area contributed by atoms with Gasteiger partial charge in [0.2, 0.25) is 0 Å². The predicted molar refractivity (Wildman–Crippen MR) is 140 cm³/mol. The van der Waals surface area contributed by atoms with Crippen molar-refractivity contribution >= 4 is 5.78 Å². The highest BCUT2D eigenvalue weighted by atomic mass is 16.7. The topological polar surface area (TPSA) is 76.0 Å². The van der Waals surface area contributed by atoms with Crippen LogP contribution in [0.5, 0.6) is 0 Å². The first-order chi connectivity index (χ1) is 16.6. The fourth-order valence-electron chi connectivity index (χ4n) is 10.2. The number of ketones is 1. The average molecular weight is 503 g/mol. The van der Waals surface area contributed by atoms with Crippen molar-refractivity contribution in [2.24, 2.45) is 45.3 Å². The van der Waals surface area contributed by atoms with Crippen molar-refractivity contribution < 1.29 is 24.5 Å². The van der Waals surface area contributed by atoms with E-state index in [0.29, 0.717) is 23.5 Å². The lowest BCUT2D eigenvalue weighted by atomic mass is 9.41. The number of methoxy groups -OCH3 is 1. The van der Waals surface area contributed by atoms with Crippen LogP contribution in [0.15, 0.2) is 11.6 Å². The summed E-state index contributed by atoms with van der Waals surface area (Å²) in [6.45, 7) is 15.2. The third kappa shape index (κ3) is 3.51. The SMILES string of the molecule is CO[C@@H]1O[C@H]([C@@H](O)C(C)(C)O)C[C@H]1[C@@H]1CC[C@]2(C)C3=CC[C@H]4C(C)(C)C(=O)CC[C@]4(C)[C@H]3CC[C@@]12C. The van der Waals surface area contributed by atoms with Crippen LogP contribution < -0.4 is 0 Å². The summed E-state index contributed by atoms with van der Waals surface area (Å²) >= 11 is 0. The summed E-state index contributed by atoms with van der Waals surface area (Å²) in [7, 11) is 1.71. The minimum absolute atomic E-state index is 0.130. The van der Waals surface area contributed by atoms with E-state index in [4.69, 9.17) is 9.47 Å². The quantitative estimate of drug-likeness (QED) is 0.485. The Labute approximate surface area is 218 Å². The Morgan fingerprint density at radius 3 is 2.44 bits per heavy atom. The molecule has 4 fully saturated rings. The lowest BCUT2D eigenvalue weighted by Gasteiger charge is -2.63. The van der Waals surface area contributed by atoms with E-state index in [2.05, 4.69) is 40.7 Å². The van der Waals surface area contributed by atoms with Gasteiger partial charge in [0, 0.05) is 24.9 Å². The fraction of sp³-hybridized carbons (Fsp3) is 0.903. The third-order valence-corrected chi connectivity index (χ3v) is 12.6. The maximum atomic E-state index is 12.9. The second-order valence-electron chi connectivity index (χ2n) is 14.9. The summed E-state index contributed by atoms with van der Waals surface area (Å²) in [4.78, 5) is 12.9. The van der Waals surface area contributed by atoms with Crippen LogP contribution in [0.2, 0.25) is 0 Å². The van der Waals surface area contributed by atoms with E-state index < -0.39 is 17.8 Å². The summed E-state index contributed by atoms with van der Waals surface area (Å²) in [6, 6.07) is 0. The van der Waals surface area contributed by atoms with Crippen LogP contribution in [-0.2, 0) is 14.3 Å². The van der Waals surface area contributed by atoms with Gasteiger partial charge in [-0.1, -0.05) is 46.3 Å². The molecular formula is C31H50O5. The van der Waals surface area contributed by atoms with Gasteiger partial charge in [-0.25, -0.2) is 0 Å². The van der Waals surface area contributed by atoms with Gasteiger partial charge in [-0.2, -0.15) is 0 Å². The van der Waals surface area contributed by atoms with E-state index in [-0.39, 0.29) is 33.9 Å². The molecule has 204 valence electrons. The van der Waals surface area contributed by atoms with Gasteiger partial charge in [0.25, 0.3) is 0 Å². The second kappa shape index (κ2) is 8.37. The summed E-state index contributed by atoms with van der Waals surface area (Å²) in [5.41, 5.74) is 0.681. The van der Waals surface area contributed by atoms with Gasteiger partial charge in [-0.05, 0) is 92.8 Å². The molecule has 0 aromatic carbocycles. The second-order valence-corrected chi connectivity index (χ2v) is 14.9. The molecule has 0 unspecified atom stereocenters. The number of Topliss-reactive ketones (excluding diaryl/α,β-unsaturated/α-hetero) is 1. The van der Waals surface area contributed by atoms with Gasteiger partial charge in [-0.15, -0.1) is 0 Å². The molecule has 0 amide bonds. The molecule has 5 nitrogen and oxygen atoms in total. The van der Waals surface area contributed by atoms with E-state index in [1.165, 1.54) is 19.3 Å². The average Bonchev–Trinajstić information content (AvgIpc) is 3.33. The first-order valence-corrected chi connectivity index (χ1v) is 14.4. The molecule has 10 atom stereocenters. The van der Waals surface area contributed by atoms with Crippen LogP contribution in [0.25, 0.3) is 0 Å². The van der Waals surface area contributed by atoms with Crippen molar-refractivity contribution in [2.45, 2.75) is 124 Å². The van der Waals surface area contributed by atoms with Crippen LogP contribution in [0.4, 0.5) is 0 Å². The number of rotatable bonds is 4. The molecule has 3 saturated carbocycles. The Morgan fingerprint density at radius 1 is 1.11 bits per heavy atom. The summed E-state index contributed by atoms with van der Waals surface area (Å²) in [5, 5.41) is 21.2. The smallest absolute Gasteiger partial charge is 0.160 e. The number of allylic oxidation sites excluding steroid dienone is 2. The molecule has 0 radical (unpaired) electrons. The zero-order valence-electron chi connectivity index (χ0n) is 23.9. The maximum absolute atomic E-state index is 12.9. The van der Waals surface area contributed by atoms with E-state index in [1.54, 1.807) is 26.5 Å². The highest BCUT2D eigenvalue weighted by Gasteiger charge is 2.66. The van der Waals surface area contributed by atoms with Crippen molar-refractivity contribution in [3.63, 3.8) is 0 Å². The molecule has 1 saturated heterocycles. The van der Waals surface area contributed by atoms with Gasteiger partial charge >= 0.3 is 0 Å². The van der Waals surface area contributed by atoms with Gasteiger partial charge < -0.3 is 19.7 Å². The molecule has 0 aromatic rings. The highest BCUT2D eigenvalue weighted by molar-refractivity contribution is 5.85. The number of aliphatic hydroxyl groups is 2.